The minimum absolute atomic E-state index is 0.603. The van der Waals surface area contributed by atoms with Gasteiger partial charge in [-0.3, -0.25) is 0 Å². The van der Waals surface area contributed by atoms with E-state index in [0.717, 1.165) is 48.8 Å². The Hall–Kier alpha value is -1.32. The maximum absolute atomic E-state index is 13.9. The second kappa shape index (κ2) is 11.5. The minimum atomic E-state index is -4.64. The van der Waals surface area contributed by atoms with Gasteiger partial charge >= 0.3 is 6.18 Å². The Balaban J connectivity index is 1.42. The molecule has 31 heavy (non-hydrogen) atoms. The van der Waals surface area contributed by atoms with Gasteiger partial charge in [0.15, 0.2) is 0 Å². The fourth-order valence-electron chi connectivity index (χ4n) is 5.65. The Morgan fingerprint density at radius 2 is 1.58 bits per heavy atom. The molecule has 0 nitrogen and oxygen atoms in total. The van der Waals surface area contributed by atoms with Crippen molar-refractivity contribution in [3.8, 4) is 0 Å². The van der Waals surface area contributed by atoms with E-state index in [2.05, 4.69) is 13.0 Å². The first-order chi connectivity index (χ1) is 14.9. The molecule has 4 heteroatoms. The van der Waals surface area contributed by atoms with Crippen molar-refractivity contribution in [3.05, 3.63) is 41.2 Å². The van der Waals surface area contributed by atoms with Crippen LogP contribution in [0.2, 0.25) is 0 Å². The summed E-state index contributed by atoms with van der Waals surface area (Å²) < 4.78 is 52.3. The highest BCUT2D eigenvalue weighted by atomic mass is 19.4. The number of halogens is 4. The van der Waals surface area contributed by atoms with Crippen LogP contribution in [0.5, 0.6) is 0 Å². The highest BCUT2D eigenvalue weighted by molar-refractivity contribution is 5.66. The molecule has 1 aromatic rings. The summed E-state index contributed by atoms with van der Waals surface area (Å²) in [5, 5.41) is 0. The Labute approximate surface area is 185 Å². The van der Waals surface area contributed by atoms with E-state index < -0.39 is 17.6 Å². The first kappa shape index (κ1) is 24.3. The molecule has 0 heterocycles. The molecule has 0 saturated heterocycles. The molecule has 2 aliphatic rings. The molecule has 1 atom stereocenters. The zero-order valence-corrected chi connectivity index (χ0v) is 19.0. The zero-order valence-electron chi connectivity index (χ0n) is 19.0. The van der Waals surface area contributed by atoms with Crippen molar-refractivity contribution in [1.29, 1.82) is 0 Å². The second-order valence-electron chi connectivity index (χ2n) is 9.79. The predicted octanol–water partition coefficient (Wildman–Crippen LogP) is 9.58. The normalized spacial score (nSPS) is 24.8. The largest absolute Gasteiger partial charge is 0.419 e. The summed E-state index contributed by atoms with van der Waals surface area (Å²) in [4.78, 5) is 0. The number of hydrogen-bond acceptors (Lipinski definition) is 0. The maximum Gasteiger partial charge on any atom is 0.419 e. The SMILES string of the molecule is CCCCCCCCC1CCC(C2CC=C(c3ccc(C(F)(F)F)c(F)c3)CC2)CC1. The molecule has 1 saturated carbocycles. The highest BCUT2D eigenvalue weighted by Gasteiger charge is 2.34. The molecule has 0 spiro atoms. The summed E-state index contributed by atoms with van der Waals surface area (Å²) in [6, 6.07) is 3.36. The van der Waals surface area contributed by atoms with E-state index in [9.17, 15) is 17.6 Å². The Morgan fingerprint density at radius 3 is 2.19 bits per heavy atom. The van der Waals surface area contributed by atoms with Gasteiger partial charge in [-0.2, -0.15) is 13.2 Å². The molecule has 0 amide bonds. The van der Waals surface area contributed by atoms with Crippen molar-refractivity contribution in [2.45, 2.75) is 103 Å². The molecule has 1 unspecified atom stereocenters. The van der Waals surface area contributed by atoms with Crippen LogP contribution in [0.3, 0.4) is 0 Å². The molecule has 0 aliphatic heterocycles. The van der Waals surface area contributed by atoms with Gasteiger partial charge in [-0.15, -0.1) is 0 Å². The number of benzene rings is 1. The highest BCUT2D eigenvalue weighted by Crippen LogP contribution is 2.42. The van der Waals surface area contributed by atoms with Crippen LogP contribution in [0.25, 0.3) is 5.57 Å². The standard InChI is InChI=1S/C27H38F4/c1-2-3-4-5-6-7-8-20-9-11-21(12-10-20)22-13-15-23(16-14-22)24-17-18-25(26(28)19-24)27(29,30)31/h15,17-22H,2-14,16H2,1H3. The third-order valence-corrected chi connectivity index (χ3v) is 7.62. The molecular weight excluding hydrogens is 400 g/mol. The van der Waals surface area contributed by atoms with Crippen LogP contribution in [0.1, 0.15) is 108 Å². The number of hydrogen-bond donors (Lipinski definition) is 0. The molecule has 2 aliphatic carbocycles. The molecule has 0 bridgehead atoms. The van der Waals surface area contributed by atoms with Crippen LogP contribution in [0.4, 0.5) is 17.6 Å². The first-order valence-electron chi connectivity index (χ1n) is 12.4. The van der Waals surface area contributed by atoms with Crippen molar-refractivity contribution in [2.75, 3.05) is 0 Å². The van der Waals surface area contributed by atoms with E-state index in [1.807, 2.05) is 0 Å². The van der Waals surface area contributed by atoms with Gasteiger partial charge in [-0.25, -0.2) is 4.39 Å². The van der Waals surface area contributed by atoms with Gasteiger partial charge in [-0.05, 0) is 73.1 Å². The Bertz CT molecular complexity index is 710. The lowest BCUT2D eigenvalue weighted by atomic mass is 9.70. The van der Waals surface area contributed by atoms with Crippen LogP contribution >= 0.6 is 0 Å². The Morgan fingerprint density at radius 1 is 0.871 bits per heavy atom. The van der Waals surface area contributed by atoms with Crippen LogP contribution in [0.15, 0.2) is 24.3 Å². The third kappa shape index (κ3) is 7.08. The van der Waals surface area contributed by atoms with Crippen LogP contribution in [-0.4, -0.2) is 0 Å². The fraction of sp³-hybridized carbons (Fsp3) is 0.704. The molecule has 1 aromatic carbocycles. The van der Waals surface area contributed by atoms with Crippen LogP contribution in [-0.2, 0) is 6.18 Å². The lowest BCUT2D eigenvalue weighted by molar-refractivity contribution is -0.140. The number of allylic oxidation sites excluding steroid dienone is 2. The second-order valence-corrected chi connectivity index (χ2v) is 9.79. The van der Waals surface area contributed by atoms with Gasteiger partial charge in [0.1, 0.15) is 5.82 Å². The molecule has 1 fully saturated rings. The number of unbranched alkanes of at least 4 members (excludes halogenated alkanes) is 5. The van der Waals surface area contributed by atoms with Crippen molar-refractivity contribution >= 4 is 5.57 Å². The van der Waals surface area contributed by atoms with Gasteiger partial charge in [0.05, 0.1) is 5.56 Å². The summed E-state index contributed by atoms with van der Waals surface area (Å²) >= 11 is 0. The van der Waals surface area contributed by atoms with Crippen LogP contribution < -0.4 is 0 Å². The average Bonchev–Trinajstić information content (AvgIpc) is 2.76. The lowest BCUT2D eigenvalue weighted by Crippen LogP contribution is -2.23. The van der Waals surface area contributed by atoms with E-state index in [1.54, 1.807) is 0 Å². The van der Waals surface area contributed by atoms with E-state index in [0.29, 0.717) is 11.5 Å². The fourth-order valence-corrected chi connectivity index (χ4v) is 5.65. The zero-order chi connectivity index (χ0) is 22.3. The van der Waals surface area contributed by atoms with Gasteiger partial charge in [0, 0.05) is 0 Å². The number of rotatable bonds is 9. The topological polar surface area (TPSA) is 0 Å². The van der Waals surface area contributed by atoms with E-state index >= 15 is 0 Å². The third-order valence-electron chi connectivity index (χ3n) is 7.62. The van der Waals surface area contributed by atoms with Crippen molar-refractivity contribution in [1.82, 2.24) is 0 Å². The molecule has 174 valence electrons. The van der Waals surface area contributed by atoms with Crippen LogP contribution in [0, 0.1) is 23.6 Å². The molecule has 3 rings (SSSR count). The summed E-state index contributed by atoms with van der Waals surface area (Å²) in [5.41, 5.74) is 0.426. The Kier molecular flexibility index (Phi) is 9.04. The summed E-state index contributed by atoms with van der Waals surface area (Å²) in [6.45, 7) is 2.26. The van der Waals surface area contributed by atoms with Gasteiger partial charge in [0.2, 0.25) is 0 Å². The summed E-state index contributed by atoms with van der Waals surface area (Å²) in [7, 11) is 0. The van der Waals surface area contributed by atoms with Gasteiger partial charge in [0.25, 0.3) is 0 Å². The van der Waals surface area contributed by atoms with E-state index in [1.165, 1.54) is 76.7 Å². The summed E-state index contributed by atoms with van der Waals surface area (Å²) in [6.07, 6.45) is 15.4. The van der Waals surface area contributed by atoms with Crippen molar-refractivity contribution in [3.63, 3.8) is 0 Å². The van der Waals surface area contributed by atoms with Crippen molar-refractivity contribution < 1.29 is 17.6 Å². The van der Waals surface area contributed by atoms with E-state index in [4.69, 9.17) is 0 Å². The number of alkyl halides is 3. The van der Waals surface area contributed by atoms with Gasteiger partial charge < -0.3 is 0 Å². The smallest absolute Gasteiger partial charge is 0.206 e. The van der Waals surface area contributed by atoms with Gasteiger partial charge in [-0.1, -0.05) is 76.9 Å². The quantitative estimate of drug-likeness (QED) is 0.266. The molecule has 0 aromatic heterocycles. The molecular formula is C27H38F4. The average molecular weight is 439 g/mol. The molecule has 0 radical (unpaired) electrons. The predicted molar refractivity (Wildman–Crippen MR) is 120 cm³/mol. The maximum atomic E-state index is 13.9. The molecule has 0 N–H and O–H groups in total. The lowest BCUT2D eigenvalue weighted by Gasteiger charge is -2.35. The van der Waals surface area contributed by atoms with E-state index in [-0.39, 0.29) is 0 Å². The summed E-state index contributed by atoms with van der Waals surface area (Å²) in [5.74, 6) is 1.20. The van der Waals surface area contributed by atoms with Crippen molar-refractivity contribution in [2.24, 2.45) is 17.8 Å². The monoisotopic (exact) mass is 438 g/mol. The minimum Gasteiger partial charge on any atom is -0.206 e. The first-order valence-corrected chi connectivity index (χ1v) is 12.4.